The quantitative estimate of drug-likeness (QED) is 0.287. The second kappa shape index (κ2) is 6.93. The molecule has 0 radical (unpaired) electrons. The van der Waals surface area contributed by atoms with Crippen molar-refractivity contribution in [1.82, 2.24) is 9.72 Å². The molecule has 1 aliphatic rings. The first kappa shape index (κ1) is 19.3. The molecule has 11 heteroatoms. The lowest BCUT2D eigenvalue weighted by Crippen LogP contribution is -2.44. The summed E-state index contributed by atoms with van der Waals surface area (Å²) in [5, 5.41) is 12.3. The maximum Gasteiger partial charge on any atom is 0.345 e. The molecule has 1 fully saturated rings. The van der Waals surface area contributed by atoms with Crippen LogP contribution in [-0.4, -0.2) is 41.7 Å². The van der Waals surface area contributed by atoms with E-state index in [4.69, 9.17) is 10.3 Å². The number of nitrogens with zero attached hydrogens (tertiary/aromatic N) is 2. The Labute approximate surface area is 172 Å². The van der Waals surface area contributed by atoms with Gasteiger partial charge in [0.25, 0.3) is 0 Å². The average Bonchev–Trinajstić information content (AvgIpc) is 3.13. The van der Waals surface area contributed by atoms with E-state index < -0.39 is 39.7 Å². The number of hydrazine groups is 1. The highest BCUT2D eigenvalue weighted by molar-refractivity contribution is 6.06. The number of fused-ring (bicyclic) bond motifs is 5. The van der Waals surface area contributed by atoms with E-state index in [1.54, 1.807) is 24.3 Å². The van der Waals surface area contributed by atoms with Crippen LogP contribution in [0.4, 0.5) is 20.2 Å². The van der Waals surface area contributed by atoms with Crippen molar-refractivity contribution in [2.24, 2.45) is 5.84 Å². The van der Waals surface area contributed by atoms with Crippen LogP contribution in [0, 0.1) is 11.6 Å². The number of pyridine rings is 1. The zero-order valence-corrected chi connectivity index (χ0v) is 16.0. The number of aromatic nitrogens is 1. The SMILES string of the molecule is NNc1c(F)c(N2CCNCC2)c(F)c2c1c(=O)c(C(=O)O)c1oc3ccccc3n12. The molecule has 9 nitrogen and oxygen atoms in total. The summed E-state index contributed by atoms with van der Waals surface area (Å²) in [5.74, 6) is 1.89. The normalized spacial score (nSPS) is 14.6. The van der Waals surface area contributed by atoms with Gasteiger partial charge >= 0.3 is 5.97 Å². The highest BCUT2D eigenvalue weighted by atomic mass is 19.1. The number of hydrogen-bond donors (Lipinski definition) is 4. The molecule has 2 aromatic carbocycles. The van der Waals surface area contributed by atoms with E-state index >= 15 is 8.78 Å². The molecular formula is C20H17F2N5O4. The van der Waals surface area contributed by atoms with E-state index in [1.807, 2.05) is 0 Å². The Hall–Kier alpha value is -3.70. The molecule has 0 atom stereocenters. The van der Waals surface area contributed by atoms with Crippen molar-refractivity contribution < 1.29 is 23.1 Å². The number of halogens is 2. The number of piperazine rings is 1. The van der Waals surface area contributed by atoms with Crippen LogP contribution in [0.3, 0.4) is 0 Å². The van der Waals surface area contributed by atoms with E-state index in [9.17, 15) is 14.7 Å². The highest BCUT2D eigenvalue weighted by Crippen LogP contribution is 2.38. The van der Waals surface area contributed by atoms with Gasteiger partial charge in [-0.15, -0.1) is 0 Å². The molecule has 160 valence electrons. The molecule has 0 unspecified atom stereocenters. The van der Waals surface area contributed by atoms with Gasteiger partial charge in [0, 0.05) is 26.2 Å². The van der Waals surface area contributed by atoms with E-state index in [0.717, 1.165) is 0 Å². The number of benzene rings is 2. The fourth-order valence-electron chi connectivity index (χ4n) is 4.18. The van der Waals surface area contributed by atoms with Crippen molar-refractivity contribution in [2.75, 3.05) is 36.5 Å². The summed E-state index contributed by atoms with van der Waals surface area (Å²) < 4.78 is 38.2. The fraction of sp³-hybridized carbons (Fsp3) is 0.200. The summed E-state index contributed by atoms with van der Waals surface area (Å²) in [4.78, 5) is 26.6. The van der Waals surface area contributed by atoms with Gasteiger partial charge in [-0.2, -0.15) is 0 Å². The molecule has 31 heavy (non-hydrogen) atoms. The number of aromatic carboxylic acids is 1. The zero-order chi connectivity index (χ0) is 21.9. The first-order valence-electron chi connectivity index (χ1n) is 9.52. The smallest absolute Gasteiger partial charge is 0.345 e. The van der Waals surface area contributed by atoms with Crippen LogP contribution in [0.25, 0.3) is 27.7 Å². The molecule has 3 heterocycles. The molecule has 2 aromatic heterocycles. The van der Waals surface area contributed by atoms with Crippen LogP contribution < -0.4 is 26.9 Å². The van der Waals surface area contributed by atoms with Gasteiger partial charge in [0.05, 0.1) is 10.9 Å². The summed E-state index contributed by atoms with van der Waals surface area (Å²) in [6.07, 6.45) is 0. The molecule has 0 amide bonds. The number of nitrogens with one attached hydrogen (secondary N) is 2. The number of anilines is 2. The van der Waals surface area contributed by atoms with Gasteiger partial charge in [-0.05, 0) is 12.1 Å². The lowest BCUT2D eigenvalue weighted by atomic mass is 10.1. The van der Waals surface area contributed by atoms with Crippen molar-refractivity contribution >= 4 is 45.1 Å². The summed E-state index contributed by atoms with van der Waals surface area (Å²) in [7, 11) is 0. The van der Waals surface area contributed by atoms with Crippen LogP contribution in [0.5, 0.6) is 0 Å². The molecule has 0 spiro atoms. The molecular weight excluding hydrogens is 412 g/mol. The lowest BCUT2D eigenvalue weighted by Gasteiger charge is -2.31. The van der Waals surface area contributed by atoms with Crippen molar-refractivity contribution in [3.63, 3.8) is 0 Å². The standard InChI is InChI=1S/C20H17F2N5O4/c21-13-15(25-23)11-16(14(22)17(13)26-7-5-24-6-8-26)27-9-3-1-2-4-10(9)31-19(27)12(18(11)28)20(29)30/h1-4,24-25H,5-8,23H2,(H,29,30). The van der Waals surface area contributed by atoms with Crippen LogP contribution in [-0.2, 0) is 0 Å². The van der Waals surface area contributed by atoms with Gasteiger partial charge in [0.15, 0.2) is 22.8 Å². The first-order chi connectivity index (χ1) is 15.0. The highest BCUT2D eigenvalue weighted by Gasteiger charge is 2.32. The molecule has 5 rings (SSSR count). The van der Waals surface area contributed by atoms with Gasteiger partial charge < -0.3 is 25.2 Å². The number of hydrogen-bond acceptors (Lipinski definition) is 7. The van der Waals surface area contributed by atoms with Crippen LogP contribution >= 0.6 is 0 Å². The first-order valence-corrected chi connectivity index (χ1v) is 9.52. The molecule has 1 aliphatic heterocycles. The maximum atomic E-state index is 16.0. The topological polar surface area (TPSA) is 125 Å². The second-order valence-corrected chi connectivity index (χ2v) is 7.18. The predicted octanol–water partition coefficient (Wildman–Crippen LogP) is 1.87. The van der Waals surface area contributed by atoms with E-state index in [2.05, 4.69) is 10.7 Å². The molecule has 0 aliphatic carbocycles. The number of carbonyl (C=O) groups is 1. The number of carboxylic acids is 1. The number of nitrogens with two attached hydrogens (primary N) is 1. The Morgan fingerprint density at radius 2 is 1.90 bits per heavy atom. The summed E-state index contributed by atoms with van der Waals surface area (Å²) in [6, 6.07) is 6.46. The van der Waals surface area contributed by atoms with E-state index in [0.29, 0.717) is 31.7 Å². The molecule has 0 saturated carbocycles. The molecule has 1 saturated heterocycles. The fourth-order valence-corrected chi connectivity index (χ4v) is 4.18. The van der Waals surface area contributed by atoms with Gasteiger partial charge in [0.1, 0.15) is 16.9 Å². The van der Waals surface area contributed by atoms with Gasteiger partial charge in [-0.3, -0.25) is 15.0 Å². The average molecular weight is 429 g/mol. The number of nitrogen functional groups attached to an aromatic ring is 1. The zero-order valence-electron chi connectivity index (χ0n) is 16.0. The number of carboxylic acid groups (broad SMARTS) is 1. The Morgan fingerprint density at radius 1 is 1.19 bits per heavy atom. The summed E-state index contributed by atoms with van der Waals surface area (Å²) in [5.41, 5.74) is -0.606. The van der Waals surface area contributed by atoms with Gasteiger partial charge in [-0.1, -0.05) is 12.1 Å². The van der Waals surface area contributed by atoms with Crippen LogP contribution in [0.1, 0.15) is 10.4 Å². The van der Waals surface area contributed by atoms with Crippen LogP contribution in [0.2, 0.25) is 0 Å². The number of rotatable bonds is 3. The summed E-state index contributed by atoms with van der Waals surface area (Å²) in [6.45, 7) is 1.70. The third kappa shape index (κ3) is 2.60. The lowest BCUT2D eigenvalue weighted by molar-refractivity contribution is 0.0696. The Bertz CT molecular complexity index is 1440. The van der Waals surface area contributed by atoms with E-state index in [1.165, 1.54) is 9.30 Å². The number of oxazole rings is 1. The predicted molar refractivity (Wildman–Crippen MR) is 111 cm³/mol. The Morgan fingerprint density at radius 3 is 2.58 bits per heavy atom. The Balaban J connectivity index is 2.07. The largest absolute Gasteiger partial charge is 0.477 e. The number of para-hydroxylation sites is 2. The molecule has 0 bridgehead atoms. The van der Waals surface area contributed by atoms with Crippen molar-refractivity contribution in [3.8, 4) is 0 Å². The van der Waals surface area contributed by atoms with Crippen molar-refractivity contribution in [1.29, 1.82) is 0 Å². The van der Waals surface area contributed by atoms with Gasteiger partial charge in [-0.25, -0.2) is 13.6 Å². The third-order valence-electron chi connectivity index (χ3n) is 5.53. The van der Waals surface area contributed by atoms with Gasteiger partial charge in [0.2, 0.25) is 11.1 Å². The second-order valence-electron chi connectivity index (χ2n) is 7.18. The Kier molecular flexibility index (Phi) is 4.31. The molecule has 4 aromatic rings. The maximum absolute atomic E-state index is 16.0. The van der Waals surface area contributed by atoms with Crippen molar-refractivity contribution in [2.45, 2.75) is 0 Å². The molecule has 5 N–H and O–H groups in total. The van der Waals surface area contributed by atoms with Crippen LogP contribution in [0.15, 0.2) is 33.5 Å². The third-order valence-corrected chi connectivity index (χ3v) is 5.53. The minimum Gasteiger partial charge on any atom is -0.477 e. The minimum atomic E-state index is -1.58. The minimum absolute atomic E-state index is 0.242. The van der Waals surface area contributed by atoms with E-state index in [-0.39, 0.29) is 22.5 Å². The van der Waals surface area contributed by atoms with Crippen molar-refractivity contribution in [3.05, 3.63) is 51.7 Å². The summed E-state index contributed by atoms with van der Waals surface area (Å²) >= 11 is 0. The monoisotopic (exact) mass is 429 g/mol.